The summed E-state index contributed by atoms with van der Waals surface area (Å²) in [4.78, 5) is 0. The van der Waals surface area contributed by atoms with Gasteiger partial charge < -0.3 is 0 Å². The van der Waals surface area contributed by atoms with Crippen molar-refractivity contribution in [3.05, 3.63) is 34.9 Å². The Balaban J connectivity index is 2.62. The molecule has 0 aliphatic heterocycles. The first-order valence-corrected chi connectivity index (χ1v) is 4.54. The molecule has 1 N–H and O–H groups in total. The van der Waals surface area contributed by atoms with E-state index in [9.17, 15) is 0 Å². The maximum Gasteiger partial charge on any atom is 0.0578 e. The first-order chi connectivity index (χ1) is 6.24. The van der Waals surface area contributed by atoms with Crippen molar-refractivity contribution in [1.82, 2.24) is 5.32 Å². The van der Waals surface area contributed by atoms with Crippen molar-refractivity contribution in [2.75, 3.05) is 6.54 Å². The molecule has 0 saturated carbocycles. The summed E-state index contributed by atoms with van der Waals surface area (Å²) in [5.41, 5.74) is 1.19. The van der Waals surface area contributed by atoms with Gasteiger partial charge in [0, 0.05) is 11.1 Å². The third kappa shape index (κ3) is 3.10. The molecule has 0 aromatic heterocycles. The van der Waals surface area contributed by atoms with Crippen LogP contribution in [0.2, 0.25) is 5.02 Å². The lowest BCUT2D eigenvalue weighted by atomic mass is 10.1. The Morgan fingerprint density at radius 3 is 2.62 bits per heavy atom. The van der Waals surface area contributed by atoms with E-state index in [4.69, 9.17) is 18.0 Å². The van der Waals surface area contributed by atoms with Crippen LogP contribution in [0.5, 0.6) is 0 Å². The molecule has 1 nitrogen and oxygen atoms in total. The minimum absolute atomic E-state index is 0.272. The van der Waals surface area contributed by atoms with Crippen LogP contribution in [0.3, 0.4) is 0 Å². The van der Waals surface area contributed by atoms with Crippen LogP contribution in [-0.4, -0.2) is 6.54 Å². The summed E-state index contributed by atoms with van der Waals surface area (Å²) < 4.78 is 0. The van der Waals surface area contributed by atoms with Crippen molar-refractivity contribution in [1.29, 1.82) is 0 Å². The van der Waals surface area contributed by atoms with Gasteiger partial charge >= 0.3 is 0 Å². The highest BCUT2D eigenvalue weighted by atomic mass is 35.5. The Kier molecular flexibility index (Phi) is 3.82. The Morgan fingerprint density at radius 2 is 2.08 bits per heavy atom. The lowest BCUT2D eigenvalue weighted by Crippen LogP contribution is -2.18. The average molecular weight is 194 g/mol. The normalized spacial score (nSPS) is 12.1. The largest absolute Gasteiger partial charge is 0.300 e. The van der Waals surface area contributed by atoms with Crippen LogP contribution in [0.4, 0.5) is 0 Å². The van der Waals surface area contributed by atoms with Crippen molar-refractivity contribution >= 4 is 11.6 Å². The third-order valence-corrected chi connectivity index (χ3v) is 2.13. The van der Waals surface area contributed by atoms with Gasteiger partial charge in [-0.2, -0.15) is 0 Å². The monoisotopic (exact) mass is 193 g/mol. The molecule has 0 saturated heterocycles. The molecule has 0 aliphatic rings. The SMILES string of the molecule is C#CCNC(C)c1ccc(Cl)cc1. The summed E-state index contributed by atoms with van der Waals surface area (Å²) in [6, 6.07) is 8.02. The molecule has 0 radical (unpaired) electrons. The van der Waals surface area contributed by atoms with E-state index in [1.165, 1.54) is 5.56 Å². The maximum atomic E-state index is 5.77. The minimum Gasteiger partial charge on any atom is -0.300 e. The number of terminal acetylenes is 1. The van der Waals surface area contributed by atoms with Crippen molar-refractivity contribution < 1.29 is 0 Å². The van der Waals surface area contributed by atoms with E-state index >= 15 is 0 Å². The molecule has 0 bridgehead atoms. The Morgan fingerprint density at radius 1 is 1.46 bits per heavy atom. The number of nitrogens with one attached hydrogen (secondary N) is 1. The van der Waals surface area contributed by atoms with Crippen molar-refractivity contribution in [3.63, 3.8) is 0 Å². The first kappa shape index (κ1) is 10.1. The molecule has 68 valence electrons. The van der Waals surface area contributed by atoms with Crippen molar-refractivity contribution in [2.24, 2.45) is 0 Å². The quantitative estimate of drug-likeness (QED) is 0.728. The molecule has 13 heavy (non-hydrogen) atoms. The Hall–Kier alpha value is -0.970. The average Bonchev–Trinajstić information content (AvgIpc) is 2.15. The standard InChI is InChI=1S/C11H12ClN/c1-3-8-13-9(2)10-4-6-11(12)7-5-10/h1,4-7,9,13H,8H2,2H3. The van der Waals surface area contributed by atoms with E-state index < -0.39 is 0 Å². The predicted molar refractivity (Wildman–Crippen MR) is 56.7 cm³/mol. The van der Waals surface area contributed by atoms with Gasteiger partial charge in [0.25, 0.3) is 0 Å². The zero-order chi connectivity index (χ0) is 9.68. The van der Waals surface area contributed by atoms with Gasteiger partial charge in [0.2, 0.25) is 0 Å². The molecule has 1 atom stereocenters. The number of hydrogen-bond donors (Lipinski definition) is 1. The fraction of sp³-hybridized carbons (Fsp3) is 0.273. The second-order valence-corrected chi connectivity index (χ2v) is 3.29. The second-order valence-electron chi connectivity index (χ2n) is 2.86. The number of halogens is 1. The summed E-state index contributed by atoms with van der Waals surface area (Å²) >= 11 is 5.77. The summed E-state index contributed by atoms with van der Waals surface area (Å²) in [7, 11) is 0. The van der Waals surface area contributed by atoms with Gasteiger partial charge in [-0.15, -0.1) is 6.42 Å². The highest BCUT2D eigenvalue weighted by Gasteiger charge is 2.02. The molecular formula is C11H12ClN. The molecule has 1 rings (SSSR count). The lowest BCUT2D eigenvalue weighted by molar-refractivity contribution is 0.623. The predicted octanol–water partition coefficient (Wildman–Crippen LogP) is 2.62. The zero-order valence-corrected chi connectivity index (χ0v) is 8.31. The van der Waals surface area contributed by atoms with E-state index in [-0.39, 0.29) is 6.04 Å². The van der Waals surface area contributed by atoms with Gasteiger partial charge in [0.05, 0.1) is 6.54 Å². The van der Waals surface area contributed by atoms with Gasteiger partial charge in [-0.05, 0) is 24.6 Å². The Labute approximate surface area is 84.1 Å². The van der Waals surface area contributed by atoms with Crippen molar-refractivity contribution in [3.8, 4) is 12.3 Å². The number of hydrogen-bond acceptors (Lipinski definition) is 1. The van der Waals surface area contributed by atoms with Gasteiger partial charge in [0.15, 0.2) is 0 Å². The smallest absolute Gasteiger partial charge is 0.0578 e. The molecule has 0 aliphatic carbocycles. The van der Waals surface area contributed by atoms with E-state index in [1.807, 2.05) is 24.3 Å². The van der Waals surface area contributed by atoms with E-state index in [0.29, 0.717) is 6.54 Å². The first-order valence-electron chi connectivity index (χ1n) is 4.16. The maximum absolute atomic E-state index is 5.77. The lowest BCUT2D eigenvalue weighted by Gasteiger charge is -2.11. The van der Waals surface area contributed by atoms with Crippen LogP contribution in [0.25, 0.3) is 0 Å². The van der Waals surface area contributed by atoms with E-state index in [1.54, 1.807) is 0 Å². The summed E-state index contributed by atoms with van der Waals surface area (Å²) in [6.45, 7) is 2.66. The van der Waals surface area contributed by atoms with Crippen LogP contribution in [0.15, 0.2) is 24.3 Å². The van der Waals surface area contributed by atoms with E-state index in [2.05, 4.69) is 18.2 Å². The van der Waals surface area contributed by atoms with Gasteiger partial charge in [-0.3, -0.25) is 5.32 Å². The van der Waals surface area contributed by atoms with Gasteiger partial charge in [-0.25, -0.2) is 0 Å². The van der Waals surface area contributed by atoms with Crippen molar-refractivity contribution in [2.45, 2.75) is 13.0 Å². The summed E-state index contributed by atoms with van der Waals surface area (Å²) in [5, 5.41) is 3.95. The topological polar surface area (TPSA) is 12.0 Å². The summed E-state index contributed by atoms with van der Waals surface area (Å²) in [6.07, 6.45) is 5.15. The molecule has 1 unspecified atom stereocenters. The fourth-order valence-corrected chi connectivity index (χ4v) is 1.21. The van der Waals surface area contributed by atoms with Crippen LogP contribution in [0, 0.1) is 12.3 Å². The van der Waals surface area contributed by atoms with Crippen LogP contribution in [-0.2, 0) is 0 Å². The fourth-order valence-electron chi connectivity index (χ4n) is 1.08. The Bertz CT molecular complexity index is 297. The molecule has 1 aromatic carbocycles. The molecule has 0 spiro atoms. The van der Waals surface area contributed by atoms with E-state index in [0.717, 1.165) is 5.02 Å². The molecule has 1 aromatic rings. The molecule has 0 fully saturated rings. The highest BCUT2D eigenvalue weighted by Crippen LogP contribution is 2.15. The molecular weight excluding hydrogens is 182 g/mol. The van der Waals surface area contributed by atoms with Crippen LogP contribution >= 0.6 is 11.6 Å². The molecule has 0 heterocycles. The zero-order valence-electron chi connectivity index (χ0n) is 7.55. The molecule has 0 amide bonds. The minimum atomic E-state index is 0.272. The summed E-state index contributed by atoms with van der Waals surface area (Å²) in [5.74, 6) is 2.54. The molecule has 2 heteroatoms. The highest BCUT2D eigenvalue weighted by molar-refractivity contribution is 6.30. The van der Waals surface area contributed by atoms with Gasteiger partial charge in [0.1, 0.15) is 0 Å². The second kappa shape index (κ2) is 4.91. The number of benzene rings is 1. The van der Waals surface area contributed by atoms with Crippen LogP contribution < -0.4 is 5.32 Å². The van der Waals surface area contributed by atoms with Crippen LogP contribution in [0.1, 0.15) is 18.5 Å². The van der Waals surface area contributed by atoms with Gasteiger partial charge in [-0.1, -0.05) is 29.7 Å². The number of rotatable bonds is 3. The third-order valence-electron chi connectivity index (χ3n) is 1.88.